The Bertz CT molecular complexity index is 940. The van der Waals surface area contributed by atoms with Crippen LogP contribution >= 0.6 is 12.4 Å². The highest BCUT2D eigenvalue weighted by atomic mass is 35.5. The number of nitrogens with two attached hydrogens (primary N) is 1. The Morgan fingerprint density at radius 2 is 1.61 bits per heavy atom. The lowest BCUT2D eigenvalue weighted by atomic mass is 9.92. The Morgan fingerprint density at radius 1 is 1.00 bits per heavy atom. The summed E-state index contributed by atoms with van der Waals surface area (Å²) in [7, 11) is 0. The zero-order valence-corrected chi connectivity index (χ0v) is 17.3. The van der Waals surface area contributed by atoms with E-state index in [9.17, 15) is 4.79 Å². The maximum atomic E-state index is 12.5. The van der Waals surface area contributed by atoms with Crippen LogP contribution in [0, 0.1) is 6.92 Å². The van der Waals surface area contributed by atoms with E-state index in [1.807, 2.05) is 37.3 Å². The first-order chi connectivity index (χ1) is 12.7. The van der Waals surface area contributed by atoms with Crippen molar-refractivity contribution in [2.45, 2.75) is 33.1 Å². The number of amides is 2. The van der Waals surface area contributed by atoms with Gasteiger partial charge in [-0.05, 0) is 43.3 Å². The summed E-state index contributed by atoms with van der Waals surface area (Å²) in [5.41, 5.74) is 9.80. The second-order valence-electron chi connectivity index (χ2n) is 7.61. The Labute approximate surface area is 171 Å². The average molecular weight is 400 g/mol. The maximum absolute atomic E-state index is 12.5. The molecule has 0 atom stereocenters. The molecule has 3 aromatic rings. The van der Waals surface area contributed by atoms with Crippen molar-refractivity contribution in [1.82, 2.24) is 9.78 Å². The van der Waals surface area contributed by atoms with Crippen LogP contribution in [0.5, 0.6) is 0 Å². The van der Waals surface area contributed by atoms with Crippen molar-refractivity contribution in [2.75, 3.05) is 16.4 Å². The van der Waals surface area contributed by atoms with E-state index in [0.29, 0.717) is 17.2 Å². The third kappa shape index (κ3) is 5.04. The van der Waals surface area contributed by atoms with Gasteiger partial charge in [0.05, 0.1) is 11.4 Å². The number of nitrogens with zero attached hydrogens (tertiary/aromatic N) is 2. The van der Waals surface area contributed by atoms with Gasteiger partial charge in [-0.25, -0.2) is 9.48 Å². The zero-order chi connectivity index (χ0) is 19.6. The largest absolute Gasteiger partial charge is 0.399 e. The van der Waals surface area contributed by atoms with Crippen LogP contribution in [0.15, 0.2) is 54.6 Å². The van der Waals surface area contributed by atoms with E-state index in [1.165, 1.54) is 0 Å². The monoisotopic (exact) mass is 399 g/mol. The fraction of sp³-hybridized carbons (Fsp3) is 0.238. The third-order valence-electron chi connectivity index (χ3n) is 4.17. The highest BCUT2D eigenvalue weighted by Gasteiger charge is 2.21. The fourth-order valence-electron chi connectivity index (χ4n) is 2.56. The van der Waals surface area contributed by atoms with Gasteiger partial charge in [0.1, 0.15) is 5.82 Å². The molecule has 0 unspecified atom stereocenters. The smallest absolute Gasteiger partial charge is 0.324 e. The SMILES string of the molecule is Cc1ccc(-n2nc(C(C)(C)C)cc2NC(=O)Nc2ccc(N)cc2)cc1.Cl. The molecule has 1 heterocycles. The van der Waals surface area contributed by atoms with Gasteiger partial charge in [0.25, 0.3) is 0 Å². The van der Waals surface area contributed by atoms with E-state index in [4.69, 9.17) is 10.8 Å². The van der Waals surface area contributed by atoms with Crippen molar-refractivity contribution in [3.8, 4) is 5.69 Å². The van der Waals surface area contributed by atoms with Gasteiger partial charge in [-0.15, -0.1) is 12.4 Å². The van der Waals surface area contributed by atoms with Crippen molar-refractivity contribution in [2.24, 2.45) is 0 Å². The molecule has 0 aliphatic heterocycles. The first kappa shape index (κ1) is 21.3. The van der Waals surface area contributed by atoms with Crippen molar-refractivity contribution >= 4 is 35.6 Å². The molecule has 0 fully saturated rings. The highest BCUT2D eigenvalue weighted by Crippen LogP contribution is 2.26. The molecule has 0 aliphatic rings. The van der Waals surface area contributed by atoms with Gasteiger partial charge < -0.3 is 11.1 Å². The second-order valence-corrected chi connectivity index (χ2v) is 7.61. The van der Waals surface area contributed by atoms with Gasteiger partial charge in [-0.3, -0.25) is 5.32 Å². The Balaban J connectivity index is 0.00000280. The van der Waals surface area contributed by atoms with Crippen LogP contribution < -0.4 is 16.4 Å². The molecule has 0 spiro atoms. The molecule has 0 saturated carbocycles. The highest BCUT2D eigenvalue weighted by molar-refractivity contribution is 5.99. The standard InChI is InChI=1S/C21H25N5O.ClH/c1-14-5-11-17(12-6-14)26-19(13-18(25-26)21(2,3)4)24-20(27)23-16-9-7-15(22)8-10-16;/h5-13H,22H2,1-4H3,(H2,23,24,27);1H. The summed E-state index contributed by atoms with van der Waals surface area (Å²) in [4.78, 5) is 12.5. The zero-order valence-electron chi connectivity index (χ0n) is 16.5. The fourth-order valence-corrected chi connectivity index (χ4v) is 2.56. The van der Waals surface area contributed by atoms with E-state index in [1.54, 1.807) is 28.9 Å². The third-order valence-corrected chi connectivity index (χ3v) is 4.17. The number of urea groups is 1. The summed E-state index contributed by atoms with van der Waals surface area (Å²) in [6.45, 7) is 8.31. The number of carbonyl (C=O) groups is 1. The number of nitrogen functional groups attached to an aromatic ring is 1. The van der Waals surface area contributed by atoms with Gasteiger partial charge in [0.15, 0.2) is 0 Å². The number of nitrogens with one attached hydrogen (secondary N) is 2. The number of rotatable bonds is 3. The second kappa shape index (κ2) is 8.35. The molecule has 28 heavy (non-hydrogen) atoms. The number of benzene rings is 2. The molecule has 0 radical (unpaired) electrons. The number of aromatic nitrogens is 2. The number of anilines is 3. The normalized spacial score (nSPS) is 10.9. The van der Waals surface area contributed by atoms with Crippen LogP contribution in [-0.2, 0) is 5.41 Å². The van der Waals surface area contributed by atoms with E-state index < -0.39 is 0 Å². The molecule has 0 bridgehead atoms. The van der Waals surface area contributed by atoms with Crippen LogP contribution in [0.1, 0.15) is 32.0 Å². The van der Waals surface area contributed by atoms with Crippen LogP contribution in [0.25, 0.3) is 5.69 Å². The number of hydrogen-bond donors (Lipinski definition) is 3. The molecule has 2 amide bonds. The van der Waals surface area contributed by atoms with E-state index in [2.05, 4.69) is 31.4 Å². The van der Waals surface area contributed by atoms with Gasteiger partial charge in [0, 0.05) is 22.9 Å². The van der Waals surface area contributed by atoms with Crippen LogP contribution in [0.3, 0.4) is 0 Å². The predicted molar refractivity (Wildman–Crippen MR) is 118 cm³/mol. The summed E-state index contributed by atoms with van der Waals surface area (Å²) in [5.74, 6) is 0.608. The lowest BCUT2D eigenvalue weighted by molar-refractivity contribution is 0.262. The topological polar surface area (TPSA) is 85.0 Å². The average Bonchev–Trinajstić information content (AvgIpc) is 3.02. The molecule has 3 rings (SSSR count). The number of hydrogen-bond acceptors (Lipinski definition) is 3. The molecule has 6 nitrogen and oxygen atoms in total. The number of halogens is 1. The van der Waals surface area contributed by atoms with Gasteiger partial charge in [0.2, 0.25) is 0 Å². The van der Waals surface area contributed by atoms with E-state index in [-0.39, 0.29) is 23.9 Å². The lowest BCUT2D eigenvalue weighted by Crippen LogP contribution is -2.21. The molecule has 0 saturated heterocycles. The first-order valence-corrected chi connectivity index (χ1v) is 8.83. The van der Waals surface area contributed by atoms with Crippen molar-refractivity contribution in [3.63, 3.8) is 0 Å². The van der Waals surface area contributed by atoms with Crippen molar-refractivity contribution in [3.05, 3.63) is 65.9 Å². The summed E-state index contributed by atoms with van der Waals surface area (Å²) in [5, 5.41) is 10.4. The Hall–Kier alpha value is -2.99. The molecular weight excluding hydrogens is 374 g/mol. The summed E-state index contributed by atoms with van der Waals surface area (Å²) in [6, 6.07) is 16.6. The minimum atomic E-state index is -0.339. The van der Waals surface area contributed by atoms with Gasteiger partial charge in [-0.1, -0.05) is 38.5 Å². The minimum absolute atomic E-state index is 0. The number of carbonyl (C=O) groups excluding carboxylic acids is 1. The Morgan fingerprint density at radius 3 is 2.18 bits per heavy atom. The molecule has 148 valence electrons. The summed E-state index contributed by atoms with van der Waals surface area (Å²) >= 11 is 0. The van der Waals surface area contributed by atoms with Crippen LogP contribution in [0.4, 0.5) is 22.0 Å². The lowest BCUT2D eigenvalue weighted by Gasteiger charge is -2.14. The minimum Gasteiger partial charge on any atom is -0.399 e. The molecule has 0 aliphatic carbocycles. The van der Waals surface area contributed by atoms with Crippen LogP contribution in [0.2, 0.25) is 0 Å². The molecular formula is C21H26ClN5O. The van der Waals surface area contributed by atoms with Crippen molar-refractivity contribution in [1.29, 1.82) is 0 Å². The van der Waals surface area contributed by atoms with Crippen molar-refractivity contribution < 1.29 is 4.79 Å². The number of aryl methyl sites for hydroxylation is 1. The van der Waals surface area contributed by atoms with E-state index >= 15 is 0 Å². The maximum Gasteiger partial charge on any atom is 0.324 e. The molecule has 1 aromatic heterocycles. The quantitative estimate of drug-likeness (QED) is 0.534. The predicted octanol–water partition coefficient (Wildman–Crippen LogP) is 5.13. The first-order valence-electron chi connectivity index (χ1n) is 8.83. The summed E-state index contributed by atoms with van der Waals surface area (Å²) < 4.78 is 1.75. The molecule has 2 aromatic carbocycles. The van der Waals surface area contributed by atoms with Gasteiger partial charge >= 0.3 is 6.03 Å². The van der Waals surface area contributed by atoms with Gasteiger partial charge in [-0.2, -0.15) is 5.10 Å². The van der Waals surface area contributed by atoms with E-state index in [0.717, 1.165) is 16.9 Å². The Kier molecular flexibility index (Phi) is 6.36. The molecule has 4 N–H and O–H groups in total. The molecule has 7 heteroatoms. The van der Waals surface area contributed by atoms with Crippen LogP contribution in [-0.4, -0.2) is 15.8 Å². The summed E-state index contributed by atoms with van der Waals surface area (Å²) in [6.07, 6.45) is 0.